The Morgan fingerprint density at radius 1 is 1.24 bits per heavy atom. The first-order chi connectivity index (χ1) is 16.5. The summed E-state index contributed by atoms with van der Waals surface area (Å²) in [4.78, 5) is 16.2. The van der Waals surface area contributed by atoms with E-state index in [1.54, 1.807) is 48.9 Å². The van der Waals surface area contributed by atoms with Crippen molar-refractivity contribution in [1.82, 2.24) is 9.55 Å². The Labute approximate surface area is 208 Å². The van der Waals surface area contributed by atoms with E-state index in [9.17, 15) is 4.79 Å². The number of nitrogens with zero attached hydrogens (tertiary/aromatic N) is 2. The largest absolute Gasteiger partial charge is 0.491 e. The van der Waals surface area contributed by atoms with Gasteiger partial charge in [-0.1, -0.05) is 42.6 Å². The van der Waals surface area contributed by atoms with Gasteiger partial charge >= 0.3 is 5.97 Å². The van der Waals surface area contributed by atoms with Gasteiger partial charge in [0, 0.05) is 23.0 Å². The Kier molecular flexibility index (Phi) is 8.11. The summed E-state index contributed by atoms with van der Waals surface area (Å²) in [6, 6.07) is 12.1. The number of benzene rings is 2. The van der Waals surface area contributed by atoms with Crippen LogP contribution in [0.4, 0.5) is 0 Å². The molecule has 180 valence electrons. The zero-order chi connectivity index (χ0) is 24.0. The number of carbonyl (C=O) groups excluding carboxylic acids is 1. The smallest absolute Gasteiger partial charge is 0.338 e. The first-order valence-corrected chi connectivity index (χ1v) is 11.9. The summed E-state index contributed by atoms with van der Waals surface area (Å²) in [6.07, 6.45) is 6.69. The average Bonchev–Trinajstić information content (AvgIpc) is 3.49. The van der Waals surface area contributed by atoms with Crippen LogP contribution in [0, 0.1) is 0 Å². The van der Waals surface area contributed by atoms with Gasteiger partial charge in [-0.15, -0.1) is 0 Å². The Morgan fingerprint density at radius 2 is 2.06 bits per heavy atom. The lowest BCUT2D eigenvalue weighted by atomic mass is 10.1. The highest BCUT2D eigenvalue weighted by Crippen LogP contribution is 2.40. The highest BCUT2D eigenvalue weighted by Gasteiger charge is 2.45. The molecule has 4 rings (SSSR count). The SMILES string of the molecule is CCCCOC(=O)c1ccc(OCC2COC(Cn3ccnc3)(c3ccc(Cl)cc3Cl)O2)cc1. The Balaban J connectivity index is 1.40. The molecule has 0 bridgehead atoms. The van der Waals surface area contributed by atoms with Crippen LogP contribution < -0.4 is 4.74 Å². The third kappa shape index (κ3) is 5.91. The fourth-order valence-corrected chi connectivity index (χ4v) is 4.20. The quantitative estimate of drug-likeness (QED) is 0.268. The van der Waals surface area contributed by atoms with E-state index in [0.717, 1.165) is 12.8 Å². The summed E-state index contributed by atoms with van der Waals surface area (Å²) in [7, 11) is 0. The summed E-state index contributed by atoms with van der Waals surface area (Å²) in [6.45, 7) is 3.41. The summed E-state index contributed by atoms with van der Waals surface area (Å²) in [5.74, 6) is -0.829. The fourth-order valence-electron chi connectivity index (χ4n) is 3.64. The fraction of sp³-hybridized carbons (Fsp3) is 0.360. The molecule has 0 N–H and O–H groups in total. The van der Waals surface area contributed by atoms with Crippen molar-refractivity contribution < 1.29 is 23.7 Å². The number of esters is 1. The van der Waals surface area contributed by atoms with Crippen molar-refractivity contribution in [3.63, 3.8) is 0 Å². The van der Waals surface area contributed by atoms with Gasteiger partial charge in [-0.3, -0.25) is 0 Å². The molecule has 7 nitrogen and oxygen atoms in total. The van der Waals surface area contributed by atoms with Crippen LogP contribution in [0.15, 0.2) is 61.2 Å². The molecule has 1 aliphatic heterocycles. The van der Waals surface area contributed by atoms with Gasteiger partial charge in [0.25, 0.3) is 0 Å². The lowest BCUT2D eigenvalue weighted by molar-refractivity contribution is -0.189. The Morgan fingerprint density at radius 3 is 2.76 bits per heavy atom. The number of hydrogen-bond donors (Lipinski definition) is 0. The number of carbonyl (C=O) groups is 1. The minimum atomic E-state index is -1.11. The van der Waals surface area contributed by atoms with Crippen molar-refractivity contribution in [2.75, 3.05) is 19.8 Å². The predicted molar refractivity (Wildman–Crippen MR) is 128 cm³/mol. The molecule has 1 aliphatic rings. The lowest BCUT2D eigenvalue weighted by Crippen LogP contribution is -2.34. The molecular weight excluding hydrogens is 479 g/mol. The second-order valence-corrected chi connectivity index (χ2v) is 8.83. The molecule has 0 amide bonds. The minimum Gasteiger partial charge on any atom is -0.491 e. The van der Waals surface area contributed by atoms with Crippen molar-refractivity contribution >= 4 is 29.2 Å². The third-order valence-electron chi connectivity index (χ3n) is 5.41. The molecule has 3 aromatic rings. The van der Waals surface area contributed by atoms with E-state index in [1.807, 2.05) is 23.8 Å². The molecule has 0 spiro atoms. The molecule has 2 unspecified atom stereocenters. The van der Waals surface area contributed by atoms with Crippen LogP contribution >= 0.6 is 23.2 Å². The molecule has 2 atom stereocenters. The van der Waals surface area contributed by atoms with Gasteiger partial charge in [-0.2, -0.15) is 0 Å². The second kappa shape index (κ2) is 11.2. The predicted octanol–water partition coefficient (Wildman–Crippen LogP) is 5.49. The molecule has 2 heterocycles. The van der Waals surface area contributed by atoms with E-state index in [4.69, 9.17) is 42.1 Å². The van der Waals surface area contributed by atoms with Crippen molar-refractivity contribution in [3.05, 3.63) is 82.4 Å². The zero-order valence-electron chi connectivity index (χ0n) is 18.8. The van der Waals surface area contributed by atoms with E-state index in [0.29, 0.717) is 46.7 Å². The number of unbranched alkanes of at least 4 members (excludes halogenated alkanes) is 1. The molecular formula is C25H26Cl2N2O5. The number of ether oxygens (including phenoxy) is 4. The van der Waals surface area contributed by atoms with Gasteiger partial charge < -0.3 is 23.5 Å². The second-order valence-electron chi connectivity index (χ2n) is 7.99. The van der Waals surface area contributed by atoms with Gasteiger partial charge in [-0.25, -0.2) is 9.78 Å². The van der Waals surface area contributed by atoms with Crippen LogP contribution in [0.25, 0.3) is 0 Å². The van der Waals surface area contributed by atoms with Gasteiger partial charge in [0.15, 0.2) is 0 Å². The molecule has 0 radical (unpaired) electrons. The number of hydrogen-bond acceptors (Lipinski definition) is 6. The molecule has 1 saturated heterocycles. The number of halogens is 2. The van der Waals surface area contributed by atoms with Gasteiger partial charge in [0.2, 0.25) is 5.79 Å². The van der Waals surface area contributed by atoms with Crippen molar-refractivity contribution in [2.24, 2.45) is 0 Å². The van der Waals surface area contributed by atoms with Crippen molar-refractivity contribution in [2.45, 2.75) is 38.2 Å². The molecule has 2 aromatic carbocycles. The molecule has 34 heavy (non-hydrogen) atoms. The highest BCUT2D eigenvalue weighted by atomic mass is 35.5. The van der Waals surface area contributed by atoms with Crippen LogP contribution in [0.1, 0.15) is 35.7 Å². The van der Waals surface area contributed by atoms with Crippen LogP contribution in [0.2, 0.25) is 10.0 Å². The zero-order valence-corrected chi connectivity index (χ0v) is 20.3. The number of rotatable bonds is 10. The van der Waals surface area contributed by atoms with E-state index >= 15 is 0 Å². The summed E-state index contributed by atoms with van der Waals surface area (Å²) in [5, 5.41) is 0.984. The van der Waals surface area contributed by atoms with E-state index in [-0.39, 0.29) is 18.7 Å². The summed E-state index contributed by atoms with van der Waals surface area (Å²) in [5.41, 5.74) is 1.17. The maximum absolute atomic E-state index is 12.1. The van der Waals surface area contributed by atoms with Crippen LogP contribution in [0.3, 0.4) is 0 Å². The van der Waals surface area contributed by atoms with Gasteiger partial charge in [0.05, 0.1) is 36.7 Å². The Hall–Kier alpha value is -2.58. The normalized spacial score (nSPS) is 19.8. The molecule has 1 fully saturated rings. The van der Waals surface area contributed by atoms with Crippen LogP contribution in [0.5, 0.6) is 5.75 Å². The van der Waals surface area contributed by atoms with Crippen LogP contribution in [-0.4, -0.2) is 41.4 Å². The third-order valence-corrected chi connectivity index (χ3v) is 5.96. The first kappa shape index (κ1) is 24.5. The first-order valence-electron chi connectivity index (χ1n) is 11.1. The molecule has 0 aliphatic carbocycles. The number of aromatic nitrogens is 2. The molecule has 1 aromatic heterocycles. The van der Waals surface area contributed by atoms with E-state index < -0.39 is 5.79 Å². The van der Waals surface area contributed by atoms with Crippen LogP contribution in [-0.2, 0) is 26.5 Å². The van der Waals surface area contributed by atoms with Gasteiger partial charge in [0.1, 0.15) is 18.5 Å². The van der Waals surface area contributed by atoms with E-state index in [1.165, 1.54) is 0 Å². The maximum atomic E-state index is 12.1. The topological polar surface area (TPSA) is 71.8 Å². The summed E-state index contributed by atoms with van der Waals surface area (Å²) < 4.78 is 25.6. The lowest BCUT2D eigenvalue weighted by Gasteiger charge is -2.30. The number of imidazole rings is 1. The van der Waals surface area contributed by atoms with Crippen molar-refractivity contribution in [3.8, 4) is 5.75 Å². The Bertz CT molecular complexity index is 1090. The molecule has 0 saturated carbocycles. The summed E-state index contributed by atoms with van der Waals surface area (Å²) >= 11 is 12.6. The standard InChI is InChI=1S/C25H26Cl2N2O5/c1-2-3-12-31-24(30)18-4-7-20(8-5-18)32-14-21-15-33-25(34-21,16-29-11-10-28-17-29)22-9-6-19(26)13-23(22)27/h4-11,13,17,21H,2-3,12,14-16H2,1H3. The minimum absolute atomic E-state index is 0.261. The van der Waals surface area contributed by atoms with Crippen molar-refractivity contribution in [1.29, 1.82) is 0 Å². The molecule has 9 heteroatoms. The average molecular weight is 505 g/mol. The van der Waals surface area contributed by atoms with E-state index in [2.05, 4.69) is 4.98 Å². The highest BCUT2D eigenvalue weighted by molar-refractivity contribution is 6.35. The van der Waals surface area contributed by atoms with Gasteiger partial charge in [-0.05, 0) is 42.8 Å². The maximum Gasteiger partial charge on any atom is 0.338 e. The monoisotopic (exact) mass is 504 g/mol.